The van der Waals surface area contributed by atoms with Gasteiger partial charge >= 0.3 is 0 Å². The fourth-order valence-corrected chi connectivity index (χ4v) is 4.22. The second-order valence-corrected chi connectivity index (χ2v) is 10.2. The van der Waals surface area contributed by atoms with E-state index in [2.05, 4.69) is 27.9 Å². The number of nitrogens with zero attached hydrogens (tertiary/aromatic N) is 1. The SMILES string of the molecule is CS(=O)(=O)N(C[C@H](Nc1ccc(F)cc1)C(=O)NO)c1ccc(Oc2ccc(I)cc2)cc1. The summed E-state index contributed by atoms with van der Waals surface area (Å²) in [6, 6.07) is 17.8. The molecule has 0 unspecified atom stereocenters. The first-order valence-electron chi connectivity index (χ1n) is 9.63. The number of amides is 1. The van der Waals surface area contributed by atoms with E-state index in [4.69, 9.17) is 9.94 Å². The third-order valence-corrected chi connectivity index (χ3v) is 6.41. The molecule has 1 amide bonds. The molecule has 3 rings (SSSR count). The molecule has 0 aliphatic rings. The number of sulfonamides is 1. The summed E-state index contributed by atoms with van der Waals surface area (Å²) in [5.41, 5.74) is 2.20. The predicted octanol–water partition coefficient (Wildman–Crippen LogP) is 3.97. The molecule has 3 aromatic carbocycles. The van der Waals surface area contributed by atoms with Crippen molar-refractivity contribution in [1.29, 1.82) is 0 Å². The zero-order valence-electron chi connectivity index (χ0n) is 17.4. The predicted molar refractivity (Wildman–Crippen MR) is 132 cm³/mol. The molecule has 0 radical (unpaired) electrons. The van der Waals surface area contributed by atoms with Gasteiger partial charge in [-0.2, -0.15) is 0 Å². The summed E-state index contributed by atoms with van der Waals surface area (Å²) in [5, 5.41) is 11.9. The van der Waals surface area contributed by atoms with Crippen LogP contribution in [0.3, 0.4) is 0 Å². The molecule has 8 nitrogen and oxygen atoms in total. The first-order valence-corrected chi connectivity index (χ1v) is 12.6. The molecule has 0 aliphatic heterocycles. The molecule has 0 saturated carbocycles. The van der Waals surface area contributed by atoms with Gasteiger partial charge < -0.3 is 10.1 Å². The lowest BCUT2D eigenvalue weighted by atomic mass is 10.2. The van der Waals surface area contributed by atoms with E-state index in [0.29, 0.717) is 22.9 Å². The van der Waals surface area contributed by atoms with E-state index in [1.165, 1.54) is 29.7 Å². The Kier molecular flexibility index (Phi) is 8.10. The molecule has 0 aromatic heterocycles. The Morgan fingerprint density at radius 1 is 1.03 bits per heavy atom. The van der Waals surface area contributed by atoms with Gasteiger partial charge in [0, 0.05) is 9.26 Å². The lowest BCUT2D eigenvalue weighted by Gasteiger charge is -2.27. The summed E-state index contributed by atoms with van der Waals surface area (Å²) in [6.07, 6.45) is 1.01. The zero-order valence-corrected chi connectivity index (χ0v) is 20.4. The van der Waals surface area contributed by atoms with Crippen molar-refractivity contribution in [3.8, 4) is 11.5 Å². The molecule has 0 saturated heterocycles. The summed E-state index contributed by atoms with van der Waals surface area (Å²) in [7, 11) is -3.80. The maximum atomic E-state index is 13.2. The Balaban J connectivity index is 1.82. The minimum atomic E-state index is -3.80. The van der Waals surface area contributed by atoms with Gasteiger partial charge in [-0.25, -0.2) is 18.3 Å². The Bertz CT molecular complexity index is 1190. The van der Waals surface area contributed by atoms with Crippen LogP contribution in [-0.4, -0.2) is 38.4 Å². The van der Waals surface area contributed by atoms with Crippen LogP contribution in [0.15, 0.2) is 72.8 Å². The number of hydrogen-bond acceptors (Lipinski definition) is 6. The van der Waals surface area contributed by atoms with E-state index >= 15 is 0 Å². The number of rotatable bonds is 9. The fourth-order valence-electron chi connectivity index (χ4n) is 2.94. The second kappa shape index (κ2) is 10.8. The van der Waals surface area contributed by atoms with Gasteiger partial charge in [0.15, 0.2) is 0 Å². The highest BCUT2D eigenvalue weighted by Gasteiger charge is 2.27. The number of halogens is 2. The first-order chi connectivity index (χ1) is 15.7. The van der Waals surface area contributed by atoms with Crippen molar-refractivity contribution in [3.63, 3.8) is 0 Å². The number of nitrogens with one attached hydrogen (secondary N) is 2. The van der Waals surface area contributed by atoms with E-state index in [9.17, 15) is 17.6 Å². The average molecular weight is 585 g/mol. The molecule has 0 fully saturated rings. The lowest BCUT2D eigenvalue weighted by molar-refractivity contribution is -0.129. The molecule has 1 atom stereocenters. The van der Waals surface area contributed by atoms with Crippen LogP contribution in [0.25, 0.3) is 0 Å². The number of hydrogen-bond donors (Lipinski definition) is 3. The number of anilines is 2. The number of carbonyl (C=O) groups excluding carboxylic acids is 1. The highest BCUT2D eigenvalue weighted by atomic mass is 127. The highest BCUT2D eigenvalue weighted by Crippen LogP contribution is 2.26. The minimum Gasteiger partial charge on any atom is -0.457 e. The van der Waals surface area contributed by atoms with Crippen molar-refractivity contribution in [3.05, 3.63) is 82.2 Å². The molecule has 0 heterocycles. The first kappa shape index (κ1) is 24.7. The maximum absolute atomic E-state index is 13.2. The molecule has 11 heteroatoms. The molecular weight excluding hydrogens is 564 g/mol. The Hall–Kier alpha value is -2.90. The molecule has 3 aromatic rings. The van der Waals surface area contributed by atoms with Gasteiger partial charge in [-0.3, -0.25) is 14.3 Å². The van der Waals surface area contributed by atoms with Crippen LogP contribution < -0.4 is 19.8 Å². The van der Waals surface area contributed by atoms with E-state index < -0.39 is 27.8 Å². The number of benzene rings is 3. The average Bonchev–Trinajstić information content (AvgIpc) is 2.79. The smallest absolute Gasteiger partial charge is 0.267 e. The summed E-state index contributed by atoms with van der Waals surface area (Å²) in [4.78, 5) is 12.2. The monoisotopic (exact) mass is 585 g/mol. The Morgan fingerprint density at radius 3 is 2.09 bits per heavy atom. The van der Waals surface area contributed by atoms with Crippen LogP contribution in [-0.2, 0) is 14.8 Å². The molecule has 33 heavy (non-hydrogen) atoms. The lowest BCUT2D eigenvalue weighted by Crippen LogP contribution is -2.48. The van der Waals surface area contributed by atoms with Crippen molar-refractivity contribution >= 4 is 49.9 Å². The van der Waals surface area contributed by atoms with Gasteiger partial charge in [0.2, 0.25) is 10.0 Å². The van der Waals surface area contributed by atoms with E-state index in [0.717, 1.165) is 14.1 Å². The normalized spacial score (nSPS) is 12.0. The van der Waals surface area contributed by atoms with Gasteiger partial charge in [0.1, 0.15) is 23.4 Å². The largest absolute Gasteiger partial charge is 0.457 e. The summed E-state index contributed by atoms with van der Waals surface area (Å²) in [6.45, 7) is -0.333. The Morgan fingerprint density at radius 2 is 1.58 bits per heavy atom. The van der Waals surface area contributed by atoms with Gasteiger partial charge in [-0.1, -0.05) is 0 Å². The van der Waals surface area contributed by atoms with Gasteiger partial charge in [-0.15, -0.1) is 0 Å². The fraction of sp³-hybridized carbons (Fsp3) is 0.136. The number of ether oxygens (including phenoxy) is 1. The Labute approximate surface area is 204 Å². The maximum Gasteiger partial charge on any atom is 0.267 e. The van der Waals surface area contributed by atoms with Crippen LogP contribution >= 0.6 is 22.6 Å². The van der Waals surface area contributed by atoms with Gasteiger partial charge in [0.25, 0.3) is 5.91 Å². The van der Waals surface area contributed by atoms with Crippen molar-refractivity contribution in [2.75, 3.05) is 22.4 Å². The van der Waals surface area contributed by atoms with Gasteiger partial charge in [-0.05, 0) is 95.4 Å². The second-order valence-electron chi connectivity index (χ2n) is 7.02. The van der Waals surface area contributed by atoms with Crippen molar-refractivity contribution in [2.24, 2.45) is 0 Å². The zero-order chi connectivity index (χ0) is 24.0. The van der Waals surface area contributed by atoms with Crippen LogP contribution in [0.4, 0.5) is 15.8 Å². The summed E-state index contributed by atoms with van der Waals surface area (Å²) >= 11 is 2.19. The quantitative estimate of drug-likeness (QED) is 0.199. The van der Waals surface area contributed by atoms with Crippen LogP contribution in [0, 0.1) is 9.39 Å². The van der Waals surface area contributed by atoms with Crippen LogP contribution in [0.5, 0.6) is 11.5 Å². The third kappa shape index (κ3) is 7.04. The van der Waals surface area contributed by atoms with Crippen molar-refractivity contribution < 1.29 is 27.5 Å². The van der Waals surface area contributed by atoms with Gasteiger partial charge in [0.05, 0.1) is 18.5 Å². The topological polar surface area (TPSA) is 108 Å². The molecule has 0 spiro atoms. The number of hydroxylamine groups is 1. The summed E-state index contributed by atoms with van der Waals surface area (Å²) < 4.78 is 46.0. The molecule has 3 N–H and O–H groups in total. The van der Waals surface area contributed by atoms with Crippen molar-refractivity contribution in [1.82, 2.24) is 5.48 Å². The minimum absolute atomic E-state index is 0.295. The third-order valence-electron chi connectivity index (χ3n) is 4.53. The van der Waals surface area contributed by atoms with Crippen LogP contribution in [0.1, 0.15) is 0 Å². The van der Waals surface area contributed by atoms with E-state index in [1.54, 1.807) is 24.3 Å². The highest BCUT2D eigenvalue weighted by molar-refractivity contribution is 14.1. The standard InChI is InChI=1S/C22H21FIN3O5S/c1-33(30,31)27(14-21(22(28)26-29)25-17-6-2-15(23)3-7-17)18-8-12-20(13-9-18)32-19-10-4-16(24)5-11-19/h2-13,21,25,29H,14H2,1H3,(H,26,28)/t21-/m0/s1. The van der Waals surface area contributed by atoms with E-state index in [-0.39, 0.29) is 6.54 Å². The number of carbonyl (C=O) groups is 1. The van der Waals surface area contributed by atoms with E-state index in [1.807, 2.05) is 24.3 Å². The summed E-state index contributed by atoms with van der Waals surface area (Å²) in [5.74, 6) is -0.186. The van der Waals surface area contributed by atoms with Crippen LogP contribution in [0.2, 0.25) is 0 Å². The molecular formula is C22H21FIN3O5S. The van der Waals surface area contributed by atoms with Crippen molar-refractivity contribution in [2.45, 2.75) is 6.04 Å². The molecule has 174 valence electrons. The molecule has 0 bridgehead atoms. The molecule has 0 aliphatic carbocycles.